The normalized spacial score (nSPS) is 21.1. The van der Waals surface area contributed by atoms with Crippen molar-refractivity contribution in [1.82, 2.24) is 29.5 Å². The first-order valence-corrected chi connectivity index (χ1v) is 10.6. The highest BCUT2D eigenvalue weighted by molar-refractivity contribution is 5.78. The molecule has 0 aromatic carbocycles. The molecule has 0 spiro atoms. The largest absolute Gasteiger partial charge is 0.339 e. The highest BCUT2D eigenvalue weighted by Crippen LogP contribution is 2.26. The molecule has 7 nitrogen and oxygen atoms in total. The molecule has 2 aromatic heterocycles. The zero-order valence-corrected chi connectivity index (χ0v) is 16.6. The van der Waals surface area contributed by atoms with E-state index in [9.17, 15) is 9.18 Å². The Morgan fingerprint density at radius 3 is 2.72 bits per heavy atom. The smallest absolute Gasteiger partial charge is 0.236 e. The van der Waals surface area contributed by atoms with Gasteiger partial charge >= 0.3 is 0 Å². The average Bonchev–Trinajstić information content (AvgIpc) is 3.10. The standard InChI is InChI=1S/C21H27FN6O/c22-18-12-23-6-4-20(18)28-14-16-13-25(7-5-19(16)24-28)15-21(29)27-10-8-26(9-11-27)17-2-1-3-17/h4,6,12,14,17H,1-3,5,7-11,13,15H2. The molecule has 0 radical (unpaired) electrons. The van der Waals surface area contributed by atoms with Crippen LogP contribution in [0.15, 0.2) is 24.7 Å². The lowest BCUT2D eigenvalue weighted by molar-refractivity contribution is -0.135. The number of amides is 1. The molecule has 2 aromatic rings. The fourth-order valence-electron chi connectivity index (χ4n) is 4.56. The van der Waals surface area contributed by atoms with Crippen LogP contribution in [0.25, 0.3) is 5.69 Å². The average molecular weight is 398 g/mol. The van der Waals surface area contributed by atoms with E-state index in [1.165, 1.54) is 25.5 Å². The van der Waals surface area contributed by atoms with E-state index in [0.29, 0.717) is 18.8 Å². The van der Waals surface area contributed by atoms with Crippen LogP contribution in [-0.2, 0) is 17.8 Å². The molecule has 2 fully saturated rings. The van der Waals surface area contributed by atoms with Gasteiger partial charge in [0.2, 0.25) is 5.91 Å². The third kappa shape index (κ3) is 3.79. The van der Waals surface area contributed by atoms with Crippen LogP contribution in [0.1, 0.15) is 30.5 Å². The molecule has 1 saturated heterocycles. The number of aromatic nitrogens is 3. The fourth-order valence-corrected chi connectivity index (χ4v) is 4.56. The van der Waals surface area contributed by atoms with Gasteiger partial charge < -0.3 is 4.90 Å². The Bertz CT molecular complexity index is 887. The van der Waals surface area contributed by atoms with Gasteiger partial charge in [-0.1, -0.05) is 6.42 Å². The van der Waals surface area contributed by atoms with E-state index in [1.54, 1.807) is 16.9 Å². The molecule has 8 heteroatoms. The van der Waals surface area contributed by atoms with Gasteiger partial charge in [0.25, 0.3) is 0 Å². The second kappa shape index (κ2) is 7.84. The van der Waals surface area contributed by atoms with Crippen LogP contribution in [0.3, 0.4) is 0 Å². The number of pyridine rings is 1. The maximum absolute atomic E-state index is 14.0. The van der Waals surface area contributed by atoms with Gasteiger partial charge in [-0.2, -0.15) is 5.10 Å². The summed E-state index contributed by atoms with van der Waals surface area (Å²) in [5.74, 6) is -0.172. The summed E-state index contributed by atoms with van der Waals surface area (Å²) in [6.45, 7) is 5.61. The zero-order chi connectivity index (χ0) is 19.8. The summed E-state index contributed by atoms with van der Waals surface area (Å²) in [5.41, 5.74) is 2.45. The van der Waals surface area contributed by atoms with Crippen molar-refractivity contribution in [2.75, 3.05) is 39.3 Å². The molecule has 3 aliphatic rings. The van der Waals surface area contributed by atoms with Crippen molar-refractivity contribution in [2.24, 2.45) is 0 Å². The lowest BCUT2D eigenvalue weighted by atomic mass is 9.91. The lowest BCUT2D eigenvalue weighted by Gasteiger charge is -2.43. The number of hydrogen-bond donors (Lipinski definition) is 0. The molecular weight excluding hydrogens is 371 g/mol. The van der Waals surface area contributed by atoms with Crippen LogP contribution in [0.2, 0.25) is 0 Å². The van der Waals surface area contributed by atoms with E-state index in [1.807, 2.05) is 11.1 Å². The number of hydrogen-bond acceptors (Lipinski definition) is 5. The van der Waals surface area contributed by atoms with E-state index >= 15 is 0 Å². The van der Waals surface area contributed by atoms with Crippen molar-refractivity contribution < 1.29 is 9.18 Å². The Morgan fingerprint density at radius 2 is 2.00 bits per heavy atom. The zero-order valence-electron chi connectivity index (χ0n) is 16.6. The Balaban J connectivity index is 1.18. The third-order valence-electron chi connectivity index (χ3n) is 6.55. The van der Waals surface area contributed by atoms with Crippen LogP contribution < -0.4 is 0 Å². The number of rotatable bonds is 4. The minimum absolute atomic E-state index is 0.217. The SMILES string of the molecule is O=C(CN1CCc2nn(-c3ccncc3F)cc2C1)N1CCN(C2CCC2)CC1. The van der Waals surface area contributed by atoms with Crippen LogP contribution in [0.4, 0.5) is 4.39 Å². The molecule has 4 heterocycles. The van der Waals surface area contributed by atoms with Crippen LogP contribution in [-0.4, -0.2) is 80.7 Å². The van der Waals surface area contributed by atoms with Crippen LogP contribution in [0, 0.1) is 5.82 Å². The quantitative estimate of drug-likeness (QED) is 0.781. The van der Waals surface area contributed by atoms with Gasteiger partial charge in [0.05, 0.1) is 18.4 Å². The molecule has 29 heavy (non-hydrogen) atoms. The molecular formula is C21H27FN6O. The molecule has 0 unspecified atom stereocenters. The molecule has 154 valence electrons. The summed E-state index contributed by atoms with van der Waals surface area (Å²) >= 11 is 0. The van der Waals surface area contributed by atoms with Gasteiger partial charge in [-0.15, -0.1) is 0 Å². The minimum Gasteiger partial charge on any atom is -0.339 e. The number of piperazine rings is 1. The van der Waals surface area contributed by atoms with Crippen molar-refractivity contribution in [3.05, 3.63) is 41.7 Å². The molecule has 0 atom stereocenters. The first kappa shape index (κ1) is 18.7. The first-order valence-electron chi connectivity index (χ1n) is 10.6. The van der Waals surface area contributed by atoms with Gasteiger partial charge in [-0.25, -0.2) is 9.07 Å². The third-order valence-corrected chi connectivity index (χ3v) is 6.55. The highest BCUT2D eigenvalue weighted by atomic mass is 19.1. The lowest BCUT2D eigenvalue weighted by Crippen LogP contribution is -2.55. The van der Waals surface area contributed by atoms with E-state index in [0.717, 1.165) is 56.4 Å². The van der Waals surface area contributed by atoms with Crippen molar-refractivity contribution in [3.8, 4) is 5.69 Å². The Hall–Kier alpha value is -2.32. The topological polar surface area (TPSA) is 57.5 Å². The van der Waals surface area contributed by atoms with E-state index < -0.39 is 0 Å². The molecule has 1 saturated carbocycles. The van der Waals surface area contributed by atoms with E-state index in [-0.39, 0.29) is 11.7 Å². The first-order chi connectivity index (χ1) is 14.2. The van der Waals surface area contributed by atoms with Gasteiger partial charge in [0.1, 0.15) is 5.69 Å². The van der Waals surface area contributed by atoms with Crippen LogP contribution in [0.5, 0.6) is 0 Å². The van der Waals surface area contributed by atoms with Gasteiger partial charge in [-0.05, 0) is 18.9 Å². The van der Waals surface area contributed by atoms with Gasteiger partial charge in [0.15, 0.2) is 5.82 Å². The van der Waals surface area contributed by atoms with Crippen molar-refractivity contribution in [1.29, 1.82) is 0 Å². The number of carbonyl (C=O) groups excluding carboxylic acids is 1. The molecule has 1 aliphatic carbocycles. The highest BCUT2D eigenvalue weighted by Gasteiger charge is 2.30. The Kier molecular flexibility index (Phi) is 5.05. The fraction of sp³-hybridized carbons (Fsp3) is 0.571. The summed E-state index contributed by atoms with van der Waals surface area (Å²) < 4.78 is 15.6. The number of halogens is 1. The second-order valence-electron chi connectivity index (χ2n) is 8.33. The predicted octanol–water partition coefficient (Wildman–Crippen LogP) is 1.46. The summed E-state index contributed by atoms with van der Waals surface area (Å²) in [7, 11) is 0. The molecule has 0 N–H and O–H groups in total. The van der Waals surface area contributed by atoms with Crippen molar-refractivity contribution >= 4 is 5.91 Å². The van der Waals surface area contributed by atoms with Crippen molar-refractivity contribution in [3.63, 3.8) is 0 Å². The molecule has 0 bridgehead atoms. The number of fused-ring (bicyclic) bond motifs is 1. The Morgan fingerprint density at radius 1 is 1.17 bits per heavy atom. The monoisotopic (exact) mass is 398 g/mol. The maximum atomic E-state index is 14.0. The summed E-state index contributed by atoms with van der Waals surface area (Å²) in [6.07, 6.45) is 9.41. The number of nitrogens with zero attached hydrogens (tertiary/aromatic N) is 6. The second-order valence-corrected chi connectivity index (χ2v) is 8.33. The molecule has 1 amide bonds. The van der Waals surface area contributed by atoms with Crippen molar-refractivity contribution in [2.45, 2.75) is 38.3 Å². The van der Waals surface area contributed by atoms with E-state index in [2.05, 4.69) is 19.9 Å². The summed E-state index contributed by atoms with van der Waals surface area (Å²) in [4.78, 5) is 23.3. The van der Waals surface area contributed by atoms with Gasteiger partial charge in [-0.3, -0.25) is 19.6 Å². The van der Waals surface area contributed by atoms with Crippen LogP contribution >= 0.6 is 0 Å². The van der Waals surface area contributed by atoms with Gasteiger partial charge in [0, 0.05) is 69.7 Å². The van der Waals surface area contributed by atoms with E-state index in [4.69, 9.17) is 0 Å². The Labute approximate surface area is 170 Å². The minimum atomic E-state index is -0.388. The summed E-state index contributed by atoms with van der Waals surface area (Å²) in [5, 5.41) is 4.55. The molecule has 5 rings (SSSR count). The predicted molar refractivity (Wildman–Crippen MR) is 106 cm³/mol. The maximum Gasteiger partial charge on any atom is 0.236 e. The summed E-state index contributed by atoms with van der Waals surface area (Å²) in [6, 6.07) is 2.38. The molecule has 2 aliphatic heterocycles. The number of carbonyl (C=O) groups is 1.